The monoisotopic (exact) mass is 200 g/mol. The number of phenolic OH excluding ortho intramolecular Hbond substituents is 1. The van der Waals surface area contributed by atoms with Gasteiger partial charge in [0.05, 0.1) is 5.56 Å². The summed E-state index contributed by atoms with van der Waals surface area (Å²) >= 11 is 0. The van der Waals surface area contributed by atoms with Crippen LogP contribution in [0.2, 0.25) is 0 Å². The van der Waals surface area contributed by atoms with Gasteiger partial charge in [-0.25, -0.2) is 0 Å². The molecule has 3 rings (SSSR count). The Kier molecular flexibility index (Phi) is 1.51. The van der Waals surface area contributed by atoms with Crippen LogP contribution < -0.4 is 4.74 Å². The maximum absolute atomic E-state index is 11.4. The van der Waals surface area contributed by atoms with E-state index in [0.717, 1.165) is 10.8 Å². The highest BCUT2D eigenvalue weighted by Crippen LogP contribution is 2.31. The van der Waals surface area contributed by atoms with Crippen LogP contribution in [0.5, 0.6) is 11.5 Å². The summed E-state index contributed by atoms with van der Waals surface area (Å²) in [6.07, 6.45) is 0. The summed E-state index contributed by atoms with van der Waals surface area (Å²) in [7, 11) is 0. The van der Waals surface area contributed by atoms with Crippen LogP contribution in [0.15, 0.2) is 30.3 Å². The number of phenols is 1. The molecule has 0 spiro atoms. The van der Waals surface area contributed by atoms with Gasteiger partial charge in [0.2, 0.25) is 5.78 Å². The molecule has 15 heavy (non-hydrogen) atoms. The van der Waals surface area contributed by atoms with Gasteiger partial charge in [-0.2, -0.15) is 0 Å². The van der Waals surface area contributed by atoms with Crippen LogP contribution in [0.4, 0.5) is 0 Å². The first kappa shape index (κ1) is 8.29. The Labute approximate surface area is 85.9 Å². The van der Waals surface area contributed by atoms with Crippen LogP contribution in [0, 0.1) is 0 Å². The number of ketones is 1. The van der Waals surface area contributed by atoms with Crippen molar-refractivity contribution >= 4 is 16.6 Å². The average Bonchev–Trinajstić information content (AvgIpc) is 2.57. The van der Waals surface area contributed by atoms with Crippen molar-refractivity contribution in [2.45, 2.75) is 0 Å². The van der Waals surface area contributed by atoms with E-state index in [9.17, 15) is 9.90 Å². The van der Waals surface area contributed by atoms with Gasteiger partial charge in [0.25, 0.3) is 0 Å². The first-order valence-corrected chi connectivity index (χ1v) is 4.67. The molecule has 1 aliphatic rings. The van der Waals surface area contributed by atoms with Gasteiger partial charge < -0.3 is 9.84 Å². The summed E-state index contributed by atoms with van der Waals surface area (Å²) in [6.45, 7) is 0.123. The summed E-state index contributed by atoms with van der Waals surface area (Å²) < 4.78 is 5.24. The van der Waals surface area contributed by atoms with E-state index >= 15 is 0 Å². The molecule has 1 heterocycles. The Morgan fingerprint density at radius 1 is 1.13 bits per heavy atom. The standard InChI is InChI=1S/C12H8O3/c13-9-2-1-7-5-12-10(4-8(7)3-9)11(14)6-15-12/h1-5,13H,6H2. The van der Waals surface area contributed by atoms with E-state index in [-0.39, 0.29) is 18.1 Å². The van der Waals surface area contributed by atoms with E-state index in [1.165, 1.54) is 0 Å². The zero-order chi connectivity index (χ0) is 10.4. The van der Waals surface area contributed by atoms with Gasteiger partial charge in [0, 0.05) is 0 Å². The summed E-state index contributed by atoms with van der Waals surface area (Å²) in [5.41, 5.74) is 0.605. The summed E-state index contributed by atoms with van der Waals surface area (Å²) in [4.78, 5) is 11.4. The molecule has 1 N–H and O–H groups in total. The molecule has 0 bridgehead atoms. The predicted octanol–water partition coefficient (Wildman–Crippen LogP) is 2.12. The van der Waals surface area contributed by atoms with Crippen molar-refractivity contribution in [1.29, 1.82) is 0 Å². The number of hydrogen-bond acceptors (Lipinski definition) is 3. The lowest BCUT2D eigenvalue weighted by Crippen LogP contribution is -1.98. The van der Waals surface area contributed by atoms with Crippen molar-refractivity contribution in [1.82, 2.24) is 0 Å². The van der Waals surface area contributed by atoms with Crippen LogP contribution >= 0.6 is 0 Å². The smallest absolute Gasteiger partial charge is 0.203 e. The molecule has 1 aliphatic heterocycles. The molecule has 3 heteroatoms. The third kappa shape index (κ3) is 1.16. The lowest BCUT2D eigenvalue weighted by molar-refractivity contribution is 0.0961. The fraction of sp³-hybridized carbons (Fsp3) is 0.0833. The number of aromatic hydroxyl groups is 1. The number of Topliss-reactive ketones (excluding diaryl/α,β-unsaturated/α-hetero) is 1. The van der Waals surface area contributed by atoms with Crippen LogP contribution in [-0.4, -0.2) is 17.5 Å². The number of fused-ring (bicyclic) bond motifs is 2. The third-order valence-corrected chi connectivity index (χ3v) is 2.58. The number of carbonyl (C=O) groups excluding carboxylic acids is 1. The molecule has 0 atom stereocenters. The zero-order valence-electron chi connectivity index (χ0n) is 7.86. The van der Waals surface area contributed by atoms with Crippen molar-refractivity contribution in [3.63, 3.8) is 0 Å². The van der Waals surface area contributed by atoms with Gasteiger partial charge in [0.1, 0.15) is 11.5 Å². The van der Waals surface area contributed by atoms with Crippen LogP contribution in [0.3, 0.4) is 0 Å². The van der Waals surface area contributed by atoms with E-state index in [2.05, 4.69) is 0 Å². The van der Waals surface area contributed by atoms with Crippen molar-refractivity contribution in [2.24, 2.45) is 0 Å². The van der Waals surface area contributed by atoms with E-state index in [4.69, 9.17) is 4.74 Å². The minimum absolute atomic E-state index is 0.00440. The maximum Gasteiger partial charge on any atom is 0.203 e. The van der Waals surface area contributed by atoms with E-state index < -0.39 is 0 Å². The Morgan fingerprint density at radius 3 is 2.87 bits per heavy atom. The lowest BCUT2D eigenvalue weighted by atomic mass is 10.0. The Bertz CT molecular complexity index is 572. The molecule has 0 fully saturated rings. The quantitative estimate of drug-likeness (QED) is 0.708. The summed E-state index contributed by atoms with van der Waals surface area (Å²) in [5.74, 6) is 0.835. The molecule has 2 aromatic rings. The molecular formula is C12H8O3. The second-order valence-corrected chi connectivity index (χ2v) is 3.59. The molecule has 2 aromatic carbocycles. The zero-order valence-corrected chi connectivity index (χ0v) is 7.86. The summed E-state index contributed by atoms with van der Waals surface area (Å²) in [6, 6.07) is 8.65. The van der Waals surface area contributed by atoms with Gasteiger partial charge in [-0.1, -0.05) is 6.07 Å². The lowest BCUT2D eigenvalue weighted by Gasteiger charge is -2.02. The van der Waals surface area contributed by atoms with Crippen molar-refractivity contribution in [2.75, 3.05) is 6.61 Å². The SMILES string of the molecule is O=C1COc2cc3ccc(O)cc3cc21. The van der Waals surface area contributed by atoms with Gasteiger partial charge in [0.15, 0.2) is 6.61 Å². The van der Waals surface area contributed by atoms with Crippen molar-refractivity contribution in [3.8, 4) is 11.5 Å². The van der Waals surface area contributed by atoms with E-state index in [1.807, 2.05) is 6.07 Å². The summed E-state index contributed by atoms with van der Waals surface area (Å²) in [5, 5.41) is 11.1. The molecule has 0 amide bonds. The van der Waals surface area contributed by atoms with Crippen molar-refractivity contribution in [3.05, 3.63) is 35.9 Å². The first-order valence-electron chi connectivity index (χ1n) is 4.67. The van der Waals surface area contributed by atoms with Crippen molar-refractivity contribution < 1.29 is 14.6 Å². The fourth-order valence-corrected chi connectivity index (χ4v) is 1.82. The second kappa shape index (κ2) is 2.73. The third-order valence-electron chi connectivity index (χ3n) is 2.58. The second-order valence-electron chi connectivity index (χ2n) is 3.59. The number of hydrogen-bond donors (Lipinski definition) is 1. The number of ether oxygens (including phenoxy) is 1. The van der Waals surface area contributed by atoms with Gasteiger partial charge in [-0.05, 0) is 35.0 Å². The Hall–Kier alpha value is -2.03. The molecule has 0 unspecified atom stereocenters. The van der Waals surface area contributed by atoms with Gasteiger partial charge in [-0.3, -0.25) is 4.79 Å². The minimum Gasteiger partial charge on any atom is -0.508 e. The molecule has 74 valence electrons. The highest BCUT2D eigenvalue weighted by molar-refractivity contribution is 6.06. The maximum atomic E-state index is 11.4. The highest BCUT2D eigenvalue weighted by atomic mass is 16.5. The predicted molar refractivity (Wildman–Crippen MR) is 55.4 cm³/mol. The molecule has 3 nitrogen and oxygen atoms in total. The van der Waals surface area contributed by atoms with Gasteiger partial charge in [-0.15, -0.1) is 0 Å². The highest BCUT2D eigenvalue weighted by Gasteiger charge is 2.21. The van der Waals surface area contributed by atoms with Crippen LogP contribution in [0.25, 0.3) is 10.8 Å². The first-order chi connectivity index (χ1) is 7.24. The number of benzene rings is 2. The number of carbonyl (C=O) groups is 1. The molecular weight excluding hydrogens is 192 g/mol. The average molecular weight is 200 g/mol. The van der Waals surface area contributed by atoms with E-state index in [1.54, 1.807) is 24.3 Å². The van der Waals surface area contributed by atoms with E-state index in [0.29, 0.717) is 11.3 Å². The van der Waals surface area contributed by atoms with Gasteiger partial charge >= 0.3 is 0 Å². The Morgan fingerprint density at radius 2 is 2.00 bits per heavy atom. The Balaban J connectivity index is 2.35. The molecule has 0 radical (unpaired) electrons. The molecule has 0 saturated heterocycles. The topological polar surface area (TPSA) is 46.5 Å². The molecule has 0 aromatic heterocycles. The number of rotatable bonds is 0. The molecule has 0 aliphatic carbocycles. The minimum atomic E-state index is -0.00440. The van der Waals surface area contributed by atoms with Crippen LogP contribution in [0.1, 0.15) is 10.4 Å². The molecule has 0 saturated carbocycles. The fourth-order valence-electron chi connectivity index (χ4n) is 1.82. The largest absolute Gasteiger partial charge is 0.508 e. The van der Waals surface area contributed by atoms with Crippen LogP contribution in [-0.2, 0) is 0 Å². The normalized spacial score (nSPS) is 14.0.